The standard InChI is InChI=1S/C15H17N3O/c16-11-15(8-4-9-15)14(19)13-7-10-17-18(13)12-5-2-1-3-6-12/h1-3,5-7,10H,4,8-9,11,16H2. The monoisotopic (exact) mass is 255 g/mol. The molecule has 3 rings (SSSR count). The zero-order valence-corrected chi connectivity index (χ0v) is 10.7. The van der Waals surface area contributed by atoms with Gasteiger partial charge in [-0.2, -0.15) is 5.10 Å². The van der Waals surface area contributed by atoms with E-state index in [9.17, 15) is 4.79 Å². The molecule has 1 heterocycles. The minimum absolute atomic E-state index is 0.127. The lowest BCUT2D eigenvalue weighted by molar-refractivity contribution is 0.0627. The van der Waals surface area contributed by atoms with Gasteiger partial charge < -0.3 is 5.73 Å². The number of rotatable bonds is 4. The van der Waals surface area contributed by atoms with E-state index in [2.05, 4.69) is 5.10 Å². The first-order valence-electron chi connectivity index (χ1n) is 6.61. The molecule has 98 valence electrons. The molecule has 0 aliphatic heterocycles. The summed E-state index contributed by atoms with van der Waals surface area (Å²) in [5.74, 6) is 0.127. The molecule has 0 saturated heterocycles. The molecule has 2 aromatic rings. The first-order chi connectivity index (χ1) is 9.27. The highest BCUT2D eigenvalue weighted by Gasteiger charge is 2.44. The van der Waals surface area contributed by atoms with Crippen LogP contribution in [0.25, 0.3) is 5.69 Å². The normalized spacial score (nSPS) is 16.9. The highest BCUT2D eigenvalue weighted by atomic mass is 16.1. The van der Waals surface area contributed by atoms with Crippen LogP contribution in [0.15, 0.2) is 42.6 Å². The highest BCUT2D eigenvalue weighted by molar-refractivity contribution is 6.00. The van der Waals surface area contributed by atoms with Gasteiger partial charge in [0.2, 0.25) is 0 Å². The van der Waals surface area contributed by atoms with E-state index in [1.807, 2.05) is 30.3 Å². The van der Waals surface area contributed by atoms with Gasteiger partial charge in [-0.3, -0.25) is 4.79 Å². The summed E-state index contributed by atoms with van der Waals surface area (Å²) < 4.78 is 1.71. The maximum atomic E-state index is 12.7. The number of carbonyl (C=O) groups is 1. The van der Waals surface area contributed by atoms with Crippen molar-refractivity contribution in [3.05, 3.63) is 48.3 Å². The number of nitrogens with two attached hydrogens (primary N) is 1. The van der Waals surface area contributed by atoms with Gasteiger partial charge in [0.1, 0.15) is 5.69 Å². The van der Waals surface area contributed by atoms with E-state index in [0.29, 0.717) is 12.2 Å². The van der Waals surface area contributed by atoms with E-state index in [1.54, 1.807) is 16.9 Å². The molecule has 4 heteroatoms. The second-order valence-electron chi connectivity index (χ2n) is 5.13. The number of aromatic nitrogens is 2. The molecule has 19 heavy (non-hydrogen) atoms. The second kappa shape index (κ2) is 4.63. The van der Waals surface area contributed by atoms with Crippen LogP contribution in [-0.4, -0.2) is 22.1 Å². The first kappa shape index (κ1) is 12.1. The summed E-state index contributed by atoms with van der Waals surface area (Å²) in [7, 11) is 0. The first-order valence-corrected chi connectivity index (χ1v) is 6.61. The van der Waals surface area contributed by atoms with Crippen LogP contribution in [0.1, 0.15) is 29.8 Å². The van der Waals surface area contributed by atoms with Gasteiger partial charge in [0.05, 0.1) is 11.9 Å². The minimum atomic E-state index is -0.355. The number of hydrogen-bond donors (Lipinski definition) is 1. The molecule has 1 fully saturated rings. The molecule has 0 atom stereocenters. The Morgan fingerprint density at radius 3 is 2.58 bits per heavy atom. The fraction of sp³-hybridized carbons (Fsp3) is 0.333. The smallest absolute Gasteiger partial charge is 0.188 e. The van der Waals surface area contributed by atoms with Gasteiger partial charge in [-0.15, -0.1) is 0 Å². The number of hydrogen-bond acceptors (Lipinski definition) is 3. The molecule has 2 N–H and O–H groups in total. The molecule has 1 saturated carbocycles. The third kappa shape index (κ3) is 1.88. The number of ketones is 1. The van der Waals surface area contributed by atoms with Crippen molar-refractivity contribution in [2.24, 2.45) is 11.1 Å². The Morgan fingerprint density at radius 1 is 1.26 bits per heavy atom. The zero-order chi connectivity index (χ0) is 13.3. The van der Waals surface area contributed by atoms with E-state index < -0.39 is 0 Å². The van der Waals surface area contributed by atoms with Crippen LogP contribution in [0, 0.1) is 5.41 Å². The van der Waals surface area contributed by atoms with E-state index >= 15 is 0 Å². The fourth-order valence-corrected chi connectivity index (χ4v) is 2.65. The Bertz CT molecular complexity index is 579. The Balaban J connectivity index is 1.99. The van der Waals surface area contributed by atoms with Crippen molar-refractivity contribution in [2.45, 2.75) is 19.3 Å². The quantitative estimate of drug-likeness (QED) is 0.852. The van der Waals surface area contributed by atoms with Crippen LogP contribution in [0.2, 0.25) is 0 Å². The maximum absolute atomic E-state index is 12.7. The molecular weight excluding hydrogens is 238 g/mol. The van der Waals surface area contributed by atoms with Crippen LogP contribution in [0.5, 0.6) is 0 Å². The van der Waals surface area contributed by atoms with Crippen LogP contribution in [0.3, 0.4) is 0 Å². The Morgan fingerprint density at radius 2 is 2.00 bits per heavy atom. The van der Waals surface area contributed by atoms with E-state index in [4.69, 9.17) is 5.73 Å². The van der Waals surface area contributed by atoms with Crippen LogP contribution in [0.4, 0.5) is 0 Å². The number of Topliss-reactive ketones (excluding diaryl/α,β-unsaturated/α-hetero) is 1. The van der Waals surface area contributed by atoms with E-state index in [0.717, 1.165) is 24.9 Å². The molecule has 1 aliphatic carbocycles. The van der Waals surface area contributed by atoms with Crippen LogP contribution in [-0.2, 0) is 0 Å². The van der Waals surface area contributed by atoms with Crippen molar-refractivity contribution in [1.29, 1.82) is 0 Å². The molecule has 1 aliphatic rings. The van der Waals surface area contributed by atoms with E-state index in [-0.39, 0.29) is 11.2 Å². The molecular formula is C15H17N3O. The third-order valence-electron chi connectivity index (χ3n) is 4.06. The summed E-state index contributed by atoms with van der Waals surface area (Å²) in [5, 5.41) is 4.27. The molecule has 0 amide bonds. The predicted octanol–water partition coefficient (Wildman–Crippen LogP) is 2.18. The van der Waals surface area contributed by atoms with Crippen molar-refractivity contribution in [1.82, 2.24) is 9.78 Å². The van der Waals surface area contributed by atoms with Crippen LogP contribution < -0.4 is 5.73 Å². The van der Waals surface area contributed by atoms with Crippen molar-refractivity contribution in [3.8, 4) is 5.69 Å². The Labute approximate surface area is 112 Å². The fourth-order valence-electron chi connectivity index (χ4n) is 2.65. The lowest BCUT2D eigenvalue weighted by Gasteiger charge is -2.39. The van der Waals surface area contributed by atoms with Crippen molar-refractivity contribution < 1.29 is 4.79 Å². The van der Waals surface area contributed by atoms with Gasteiger partial charge in [0.25, 0.3) is 0 Å². The van der Waals surface area contributed by atoms with Crippen molar-refractivity contribution >= 4 is 5.78 Å². The second-order valence-corrected chi connectivity index (χ2v) is 5.13. The lowest BCUT2D eigenvalue weighted by Crippen LogP contribution is -2.45. The molecule has 1 aromatic heterocycles. The summed E-state index contributed by atoms with van der Waals surface area (Å²) >= 11 is 0. The van der Waals surface area contributed by atoms with Gasteiger partial charge in [0.15, 0.2) is 5.78 Å². The van der Waals surface area contributed by atoms with Gasteiger partial charge in [-0.25, -0.2) is 4.68 Å². The van der Waals surface area contributed by atoms with Gasteiger partial charge in [-0.05, 0) is 31.0 Å². The number of nitrogens with zero attached hydrogens (tertiary/aromatic N) is 2. The SMILES string of the molecule is NCC1(C(=O)c2ccnn2-c2ccccc2)CCC1. The highest BCUT2D eigenvalue weighted by Crippen LogP contribution is 2.42. The number of para-hydroxylation sites is 1. The Hall–Kier alpha value is -1.94. The van der Waals surface area contributed by atoms with Crippen molar-refractivity contribution in [3.63, 3.8) is 0 Å². The predicted molar refractivity (Wildman–Crippen MR) is 73.2 cm³/mol. The topological polar surface area (TPSA) is 60.9 Å². The molecule has 0 bridgehead atoms. The summed E-state index contributed by atoms with van der Waals surface area (Å²) in [5.41, 5.74) is 7.00. The third-order valence-corrected chi connectivity index (χ3v) is 4.06. The largest absolute Gasteiger partial charge is 0.329 e. The van der Waals surface area contributed by atoms with Crippen LogP contribution >= 0.6 is 0 Å². The molecule has 0 spiro atoms. The average molecular weight is 255 g/mol. The molecule has 1 aromatic carbocycles. The maximum Gasteiger partial charge on any atom is 0.188 e. The summed E-state index contributed by atoms with van der Waals surface area (Å²) in [4.78, 5) is 12.7. The van der Waals surface area contributed by atoms with E-state index in [1.165, 1.54) is 0 Å². The Kier molecular flexibility index (Phi) is 2.95. The van der Waals surface area contributed by atoms with Crippen molar-refractivity contribution in [2.75, 3.05) is 6.54 Å². The zero-order valence-electron chi connectivity index (χ0n) is 10.7. The summed E-state index contributed by atoms with van der Waals surface area (Å²) in [6.07, 6.45) is 4.54. The minimum Gasteiger partial charge on any atom is -0.329 e. The summed E-state index contributed by atoms with van der Waals surface area (Å²) in [6.45, 7) is 0.422. The average Bonchev–Trinajstić information content (AvgIpc) is 2.88. The molecule has 0 radical (unpaired) electrons. The number of carbonyl (C=O) groups excluding carboxylic acids is 1. The number of benzene rings is 1. The molecule has 4 nitrogen and oxygen atoms in total. The van der Waals surface area contributed by atoms with Gasteiger partial charge in [-0.1, -0.05) is 24.6 Å². The lowest BCUT2D eigenvalue weighted by atomic mass is 9.65. The summed E-state index contributed by atoms with van der Waals surface area (Å²) in [6, 6.07) is 11.5. The van der Waals surface area contributed by atoms with Gasteiger partial charge in [0, 0.05) is 12.0 Å². The molecule has 0 unspecified atom stereocenters. The van der Waals surface area contributed by atoms with Gasteiger partial charge >= 0.3 is 0 Å².